The summed E-state index contributed by atoms with van der Waals surface area (Å²) < 4.78 is 0. The molecule has 0 aromatic rings. The fourth-order valence-corrected chi connectivity index (χ4v) is 3.52. The number of hydrogen-bond donors (Lipinski definition) is 3. The van der Waals surface area contributed by atoms with Crippen molar-refractivity contribution in [1.29, 1.82) is 0 Å². The summed E-state index contributed by atoms with van der Waals surface area (Å²) in [5.41, 5.74) is 0. The lowest BCUT2D eigenvalue weighted by Crippen LogP contribution is -2.30. The van der Waals surface area contributed by atoms with Crippen LogP contribution in [0.25, 0.3) is 0 Å². The molecule has 0 spiro atoms. The molecule has 0 bridgehead atoms. The number of halogens is 1. The molecule has 0 fully saturated rings. The van der Waals surface area contributed by atoms with Gasteiger partial charge in [0.25, 0.3) is 0 Å². The van der Waals surface area contributed by atoms with Crippen LogP contribution in [0.1, 0.15) is 96.8 Å². The van der Waals surface area contributed by atoms with Gasteiger partial charge in [-0.1, -0.05) is 57.1 Å². The van der Waals surface area contributed by atoms with E-state index in [0.29, 0.717) is 19.5 Å². The van der Waals surface area contributed by atoms with Gasteiger partial charge in [-0.25, -0.2) is 0 Å². The Morgan fingerprint density at radius 2 is 1.20 bits per heavy atom. The first-order valence-corrected chi connectivity index (χ1v) is 12.1. The van der Waals surface area contributed by atoms with Crippen molar-refractivity contribution in [3.8, 4) is 0 Å². The van der Waals surface area contributed by atoms with E-state index in [4.69, 9.17) is 10.2 Å². The monoisotopic (exact) mass is 432 g/mol. The molecule has 0 unspecified atom stereocenters. The highest BCUT2D eigenvalue weighted by atomic mass is 19.0. The standard InChI is InChI=1S/C24H48N2O3.FH/c1-2-25-24(29)18-16-14-12-10-8-6-4-3-5-7-9-11-13-15-17-19-26(20-22-27)21-23-28;/h3-4,27-28H,2,5-23H2,1H3,(H,25,29);1H/b4-3-;. The molecule has 180 valence electrons. The molecule has 0 radical (unpaired) electrons. The molecular formula is C24H49FN2O3. The van der Waals surface area contributed by atoms with Crippen molar-refractivity contribution in [2.45, 2.75) is 96.8 Å². The quantitative estimate of drug-likeness (QED) is 0.173. The van der Waals surface area contributed by atoms with Gasteiger partial charge in [0.2, 0.25) is 5.91 Å². The molecule has 0 aliphatic rings. The number of carbonyl (C=O) groups is 1. The molecule has 0 atom stereocenters. The number of allylic oxidation sites excluding steroid dienone is 2. The molecule has 6 heteroatoms. The Hall–Kier alpha value is -0.980. The number of unbranched alkanes of at least 4 members (excludes halogenated alkanes) is 11. The van der Waals surface area contributed by atoms with E-state index in [1.54, 1.807) is 0 Å². The van der Waals surface area contributed by atoms with Crippen LogP contribution in [0.4, 0.5) is 4.70 Å². The zero-order valence-corrected chi connectivity index (χ0v) is 19.5. The second-order valence-electron chi connectivity index (χ2n) is 7.93. The van der Waals surface area contributed by atoms with Crippen molar-refractivity contribution < 1.29 is 19.7 Å². The predicted octanol–water partition coefficient (Wildman–Crippen LogP) is 4.58. The maximum atomic E-state index is 11.3. The summed E-state index contributed by atoms with van der Waals surface area (Å²) in [5, 5.41) is 20.8. The normalized spacial score (nSPS) is 11.2. The minimum atomic E-state index is 0. The second kappa shape index (κ2) is 26.1. The number of nitrogens with one attached hydrogen (secondary N) is 1. The van der Waals surface area contributed by atoms with Crippen LogP contribution in [0, 0.1) is 0 Å². The van der Waals surface area contributed by atoms with Crippen LogP contribution < -0.4 is 5.32 Å². The van der Waals surface area contributed by atoms with Gasteiger partial charge in [0.1, 0.15) is 0 Å². The first-order chi connectivity index (χ1) is 14.2. The zero-order valence-electron chi connectivity index (χ0n) is 19.5. The van der Waals surface area contributed by atoms with E-state index in [-0.39, 0.29) is 23.8 Å². The van der Waals surface area contributed by atoms with Crippen LogP contribution in [0.15, 0.2) is 12.2 Å². The van der Waals surface area contributed by atoms with Gasteiger partial charge in [0, 0.05) is 26.1 Å². The summed E-state index contributed by atoms with van der Waals surface area (Å²) in [6, 6.07) is 0. The van der Waals surface area contributed by atoms with Crippen molar-refractivity contribution in [3.05, 3.63) is 12.2 Å². The average molecular weight is 433 g/mol. The molecule has 0 saturated heterocycles. The summed E-state index contributed by atoms with van der Waals surface area (Å²) in [4.78, 5) is 13.5. The Balaban J connectivity index is 0. The van der Waals surface area contributed by atoms with Crippen molar-refractivity contribution in [1.82, 2.24) is 10.2 Å². The molecule has 5 nitrogen and oxygen atoms in total. The molecule has 0 aliphatic heterocycles. The van der Waals surface area contributed by atoms with Crippen LogP contribution in [-0.4, -0.2) is 60.4 Å². The van der Waals surface area contributed by atoms with Crippen LogP contribution in [0.5, 0.6) is 0 Å². The summed E-state index contributed by atoms with van der Waals surface area (Å²) in [5.74, 6) is 0.193. The van der Waals surface area contributed by atoms with Crippen LogP contribution >= 0.6 is 0 Å². The Morgan fingerprint density at radius 1 is 0.733 bits per heavy atom. The number of amides is 1. The second-order valence-corrected chi connectivity index (χ2v) is 7.93. The number of carbonyl (C=O) groups excluding carboxylic acids is 1. The van der Waals surface area contributed by atoms with Gasteiger partial charge < -0.3 is 15.5 Å². The first-order valence-electron chi connectivity index (χ1n) is 12.1. The molecule has 0 aromatic heterocycles. The Labute approximate surface area is 184 Å². The third kappa shape index (κ3) is 23.3. The average Bonchev–Trinajstić information content (AvgIpc) is 2.70. The molecule has 30 heavy (non-hydrogen) atoms. The predicted molar refractivity (Wildman–Crippen MR) is 126 cm³/mol. The van der Waals surface area contributed by atoms with E-state index in [2.05, 4.69) is 22.4 Å². The van der Waals surface area contributed by atoms with E-state index in [1.165, 1.54) is 70.6 Å². The number of rotatable bonds is 22. The fraction of sp³-hybridized carbons (Fsp3) is 0.875. The lowest BCUT2D eigenvalue weighted by atomic mass is 10.1. The van der Waals surface area contributed by atoms with Crippen molar-refractivity contribution >= 4 is 5.91 Å². The van der Waals surface area contributed by atoms with E-state index < -0.39 is 0 Å². The van der Waals surface area contributed by atoms with Crippen molar-refractivity contribution in [3.63, 3.8) is 0 Å². The third-order valence-corrected chi connectivity index (χ3v) is 5.24. The summed E-state index contributed by atoms with van der Waals surface area (Å²) in [7, 11) is 0. The minimum absolute atomic E-state index is 0. The van der Waals surface area contributed by atoms with Gasteiger partial charge in [-0.2, -0.15) is 0 Å². The molecule has 0 rings (SSSR count). The van der Waals surface area contributed by atoms with Gasteiger partial charge >= 0.3 is 0 Å². The number of aliphatic hydroxyl groups is 2. The zero-order chi connectivity index (χ0) is 21.4. The van der Waals surface area contributed by atoms with Crippen LogP contribution in [0.2, 0.25) is 0 Å². The Bertz CT molecular complexity index is 375. The summed E-state index contributed by atoms with van der Waals surface area (Å²) in [6.07, 6.45) is 21.3. The highest BCUT2D eigenvalue weighted by Gasteiger charge is 2.02. The van der Waals surface area contributed by atoms with Gasteiger partial charge in [-0.3, -0.25) is 14.4 Å². The van der Waals surface area contributed by atoms with Crippen LogP contribution in [-0.2, 0) is 4.79 Å². The highest BCUT2D eigenvalue weighted by Crippen LogP contribution is 2.10. The highest BCUT2D eigenvalue weighted by molar-refractivity contribution is 5.75. The van der Waals surface area contributed by atoms with Crippen molar-refractivity contribution in [2.24, 2.45) is 0 Å². The Morgan fingerprint density at radius 3 is 1.70 bits per heavy atom. The first kappa shape index (κ1) is 31.2. The lowest BCUT2D eigenvalue weighted by Gasteiger charge is -2.19. The van der Waals surface area contributed by atoms with Gasteiger partial charge in [-0.15, -0.1) is 0 Å². The van der Waals surface area contributed by atoms with Crippen LogP contribution in [0.3, 0.4) is 0 Å². The maximum Gasteiger partial charge on any atom is 0.219 e. The number of hydrogen-bond acceptors (Lipinski definition) is 4. The number of aliphatic hydroxyl groups excluding tert-OH is 2. The van der Waals surface area contributed by atoms with Gasteiger partial charge in [-0.05, 0) is 52.0 Å². The summed E-state index contributed by atoms with van der Waals surface area (Å²) >= 11 is 0. The lowest BCUT2D eigenvalue weighted by molar-refractivity contribution is -0.121. The minimum Gasteiger partial charge on any atom is -0.395 e. The smallest absolute Gasteiger partial charge is 0.219 e. The Kier molecular flexibility index (Phi) is 27.1. The molecular weight excluding hydrogens is 383 g/mol. The fourth-order valence-electron chi connectivity index (χ4n) is 3.52. The topological polar surface area (TPSA) is 72.8 Å². The van der Waals surface area contributed by atoms with E-state index in [0.717, 1.165) is 25.9 Å². The maximum absolute atomic E-state index is 11.3. The number of nitrogens with zero attached hydrogens (tertiary/aromatic N) is 1. The largest absolute Gasteiger partial charge is 0.395 e. The van der Waals surface area contributed by atoms with E-state index in [9.17, 15) is 4.79 Å². The van der Waals surface area contributed by atoms with E-state index in [1.807, 2.05) is 6.92 Å². The molecule has 0 aliphatic carbocycles. The third-order valence-electron chi connectivity index (χ3n) is 5.24. The van der Waals surface area contributed by atoms with Crippen molar-refractivity contribution in [2.75, 3.05) is 39.4 Å². The molecule has 1 amide bonds. The molecule has 0 heterocycles. The SMILES string of the molecule is CCNC(=O)CCCCCCC/C=C\CCCCCCCCN(CCO)CCO.F. The molecule has 0 aromatic carbocycles. The molecule has 3 N–H and O–H groups in total. The van der Waals surface area contributed by atoms with Gasteiger partial charge in [0.05, 0.1) is 13.2 Å². The van der Waals surface area contributed by atoms with E-state index >= 15 is 0 Å². The molecule has 0 saturated carbocycles. The summed E-state index contributed by atoms with van der Waals surface area (Å²) in [6.45, 7) is 5.37. The van der Waals surface area contributed by atoms with Gasteiger partial charge in [0.15, 0.2) is 0 Å².